The summed E-state index contributed by atoms with van der Waals surface area (Å²) in [7, 11) is 1.59. The number of nitrogens with one attached hydrogen (secondary N) is 1. The largest absolute Gasteiger partial charge is 0.507 e. The number of rotatable bonds is 4. The number of ether oxygens (including phenoxy) is 1. The lowest BCUT2D eigenvalue weighted by molar-refractivity contribution is 0.406. The molecule has 1 aromatic heterocycles. The van der Waals surface area contributed by atoms with Gasteiger partial charge >= 0.3 is 0 Å². The highest BCUT2D eigenvalue weighted by Gasteiger charge is 2.03. The Bertz CT molecular complexity index is 736. The number of phenols is 1. The van der Waals surface area contributed by atoms with Crippen LogP contribution in [0.1, 0.15) is 5.56 Å². The second kappa shape index (κ2) is 5.43. The molecule has 0 fully saturated rings. The van der Waals surface area contributed by atoms with Crippen LogP contribution in [0.4, 0.5) is 5.69 Å². The fraction of sp³-hybridized carbons (Fsp3) is 0.125. The lowest BCUT2D eigenvalue weighted by Crippen LogP contribution is -1.99. The molecule has 20 heavy (non-hydrogen) atoms. The van der Waals surface area contributed by atoms with Gasteiger partial charge in [-0.2, -0.15) is 0 Å². The molecule has 0 saturated heterocycles. The van der Waals surface area contributed by atoms with Crippen molar-refractivity contribution in [2.75, 3.05) is 12.4 Å². The minimum Gasteiger partial charge on any atom is -0.507 e. The molecule has 2 aromatic carbocycles. The van der Waals surface area contributed by atoms with Gasteiger partial charge in [-0.25, -0.2) is 0 Å². The van der Waals surface area contributed by atoms with E-state index in [-0.39, 0.29) is 5.75 Å². The Kier molecular flexibility index (Phi) is 3.48. The van der Waals surface area contributed by atoms with E-state index in [4.69, 9.17) is 4.74 Å². The molecule has 0 atom stereocenters. The summed E-state index contributed by atoms with van der Waals surface area (Å²) in [5.74, 6) is 0.902. The third kappa shape index (κ3) is 2.56. The van der Waals surface area contributed by atoms with Crippen molar-refractivity contribution in [1.82, 2.24) is 0 Å². The van der Waals surface area contributed by atoms with E-state index in [0.29, 0.717) is 12.3 Å². The number of thiophene rings is 1. The van der Waals surface area contributed by atoms with Crippen molar-refractivity contribution in [2.45, 2.75) is 6.54 Å². The van der Waals surface area contributed by atoms with Crippen molar-refractivity contribution in [3.05, 3.63) is 53.4 Å². The number of phenolic OH excluding ortho intramolecular Hbond substituents is 1. The molecule has 2 N–H and O–H groups in total. The second-order valence-corrected chi connectivity index (χ2v) is 5.47. The van der Waals surface area contributed by atoms with Crippen LogP contribution in [0.3, 0.4) is 0 Å². The predicted molar refractivity (Wildman–Crippen MR) is 83.8 cm³/mol. The monoisotopic (exact) mass is 285 g/mol. The highest BCUT2D eigenvalue weighted by Crippen LogP contribution is 2.26. The zero-order valence-electron chi connectivity index (χ0n) is 11.1. The summed E-state index contributed by atoms with van der Waals surface area (Å²) in [5, 5.41) is 16.6. The molecule has 1 heterocycles. The number of fused-ring (bicyclic) bond motifs is 1. The van der Waals surface area contributed by atoms with E-state index in [1.807, 2.05) is 12.1 Å². The molecule has 0 unspecified atom stereocenters. The smallest absolute Gasteiger partial charge is 0.124 e. The molecule has 3 aromatic rings. The predicted octanol–water partition coefficient (Wildman–Crippen LogP) is 4.23. The van der Waals surface area contributed by atoms with Crippen molar-refractivity contribution in [2.24, 2.45) is 0 Å². The van der Waals surface area contributed by atoms with E-state index in [9.17, 15) is 5.11 Å². The maximum absolute atomic E-state index is 9.92. The first kappa shape index (κ1) is 12.8. The van der Waals surface area contributed by atoms with Crippen LogP contribution in [0.15, 0.2) is 47.8 Å². The van der Waals surface area contributed by atoms with Gasteiger partial charge in [-0.1, -0.05) is 0 Å². The normalized spacial score (nSPS) is 10.7. The van der Waals surface area contributed by atoms with Gasteiger partial charge in [-0.05, 0) is 47.2 Å². The average molecular weight is 285 g/mol. The molecule has 3 nitrogen and oxygen atoms in total. The fourth-order valence-corrected chi connectivity index (χ4v) is 2.86. The Hall–Kier alpha value is -2.20. The molecular formula is C16H15NO2S. The lowest BCUT2D eigenvalue weighted by atomic mass is 10.2. The van der Waals surface area contributed by atoms with E-state index in [0.717, 1.165) is 11.3 Å². The highest BCUT2D eigenvalue weighted by molar-refractivity contribution is 7.17. The topological polar surface area (TPSA) is 41.5 Å². The molecule has 0 aliphatic carbocycles. The van der Waals surface area contributed by atoms with Crippen LogP contribution in [0, 0.1) is 0 Å². The van der Waals surface area contributed by atoms with Crippen molar-refractivity contribution in [1.29, 1.82) is 0 Å². The Morgan fingerprint density at radius 1 is 1.15 bits per heavy atom. The standard InChI is InChI=1S/C16H15NO2S/c1-19-14-4-2-12(15(18)9-14)10-17-13-3-5-16-11(8-13)6-7-20-16/h2-9,17-18H,10H2,1H3. The van der Waals surface area contributed by atoms with E-state index < -0.39 is 0 Å². The Morgan fingerprint density at radius 3 is 2.85 bits per heavy atom. The molecule has 0 radical (unpaired) electrons. The highest BCUT2D eigenvalue weighted by atomic mass is 32.1. The maximum atomic E-state index is 9.92. The Balaban J connectivity index is 1.75. The molecule has 0 bridgehead atoms. The van der Waals surface area contributed by atoms with E-state index in [1.165, 1.54) is 10.1 Å². The summed E-state index contributed by atoms with van der Waals surface area (Å²) in [4.78, 5) is 0. The lowest BCUT2D eigenvalue weighted by Gasteiger charge is -2.09. The summed E-state index contributed by atoms with van der Waals surface area (Å²) in [6.07, 6.45) is 0. The van der Waals surface area contributed by atoms with Gasteiger partial charge in [0.15, 0.2) is 0 Å². The van der Waals surface area contributed by atoms with E-state index in [1.54, 1.807) is 24.5 Å². The van der Waals surface area contributed by atoms with Gasteiger partial charge in [-0.15, -0.1) is 11.3 Å². The first-order valence-electron chi connectivity index (χ1n) is 6.33. The van der Waals surface area contributed by atoms with E-state index in [2.05, 4.69) is 35.0 Å². The average Bonchev–Trinajstić information content (AvgIpc) is 2.93. The zero-order valence-corrected chi connectivity index (χ0v) is 11.9. The first-order chi connectivity index (χ1) is 9.76. The number of benzene rings is 2. The first-order valence-corrected chi connectivity index (χ1v) is 7.21. The Labute approximate surface area is 121 Å². The van der Waals surface area contributed by atoms with Crippen molar-refractivity contribution < 1.29 is 9.84 Å². The second-order valence-electron chi connectivity index (χ2n) is 4.52. The van der Waals surface area contributed by atoms with Gasteiger partial charge in [0.25, 0.3) is 0 Å². The van der Waals surface area contributed by atoms with Gasteiger partial charge in [0.1, 0.15) is 11.5 Å². The maximum Gasteiger partial charge on any atom is 0.124 e. The van der Waals surface area contributed by atoms with Crippen molar-refractivity contribution >= 4 is 27.1 Å². The quantitative estimate of drug-likeness (QED) is 0.754. The molecule has 0 spiro atoms. The molecule has 0 saturated carbocycles. The third-order valence-electron chi connectivity index (χ3n) is 3.23. The SMILES string of the molecule is COc1ccc(CNc2ccc3sccc3c2)c(O)c1. The van der Waals surface area contributed by atoms with Gasteiger partial charge in [-0.3, -0.25) is 0 Å². The van der Waals surface area contributed by atoms with Crippen LogP contribution >= 0.6 is 11.3 Å². The van der Waals surface area contributed by atoms with Gasteiger partial charge in [0.2, 0.25) is 0 Å². The number of hydrogen-bond donors (Lipinski definition) is 2. The summed E-state index contributed by atoms with van der Waals surface area (Å²) in [6, 6.07) is 13.7. The third-order valence-corrected chi connectivity index (χ3v) is 4.13. The summed E-state index contributed by atoms with van der Waals surface area (Å²) in [6.45, 7) is 0.575. The van der Waals surface area contributed by atoms with Crippen molar-refractivity contribution in [3.63, 3.8) is 0 Å². The molecule has 3 rings (SSSR count). The molecule has 0 aliphatic heterocycles. The van der Waals surface area contributed by atoms with Gasteiger partial charge < -0.3 is 15.2 Å². The number of anilines is 1. The van der Waals surface area contributed by atoms with Gasteiger partial charge in [0.05, 0.1) is 7.11 Å². The fourth-order valence-electron chi connectivity index (χ4n) is 2.09. The van der Waals surface area contributed by atoms with Crippen LogP contribution in [-0.2, 0) is 6.54 Å². The number of methoxy groups -OCH3 is 1. The minimum atomic E-state index is 0.244. The molecule has 4 heteroatoms. The summed E-state index contributed by atoms with van der Waals surface area (Å²) >= 11 is 1.74. The molecule has 102 valence electrons. The van der Waals surface area contributed by atoms with Crippen molar-refractivity contribution in [3.8, 4) is 11.5 Å². The summed E-state index contributed by atoms with van der Waals surface area (Å²) < 4.78 is 6.35. The van der Waals surface area contributed by atoms with Crippen LogP contribution in [-0.4, -0.2) is 12.2 Å². The van der Waals surface area contributed by atoms with Crippen LogP contribution in [0.2, 0.25) is 0 Å². The molecular weight excluding hydrogens is 270 g/mol. The van der Waals surface area contributed by atoms with E-state index >= 15 is 0 Å². The number of aromatic hydroxyl groups is 1. The van der Waals surface area contributed by atoms with Gasteiger partial charge in [0, 0.05) is 28.6 Å². The Morgan fingerprint density at radius 2 is 2.05 bits per heavy atom. The molecule has 0 aliphatic rings. The summed E-state index contributed by atoms with van der Waals surface area (Å²) in [5.41, 5.74) is 1.89. The molecule has 0 amide bonds. The minimum absolute atomic E-state index is 0.244. The van der Waals surface area contributed by atoms with Crippen LogP contribution < -0.4 is 10.1 Å². The van der Waals surface area contributed by atoms with Crippen LogP contribution in [0.25, 0.3) is 10.1 Å². The zero-order chi connectivity index (χ0) is 13.9. The van der Waals surface area contributed by atoms with Crippen LogP contribution in [0.5, 0.6) is 11.5 Å². The number of hydrogen-bond acceptors (Lipinski definition) is 4.